The molecular weight excluding hydrogens is 762 g/mol. The van der Waals surface area contributed by atoms with Gasteiger partial charge in [0.2, 0.25) is 10.0 Å². The molecule has 8 rings (SSSR count). The lowest BCUT2D eigenvalue weighted by Crippen LogP contribution is -2.62. The van der Waals surface area contributed by atoms with E-state index in [1.165, 1.54) is 11.1 Å². The number of nitrogens with zero attached hydrogens (tertiary/aromatic N) is 4. The second-order valence-corrected chi connectivity index (χ2v) is 20.4. The molecule has 4 heterocycles. The van der Waals surface area contributed by atoms with Gasteiger partial charge in [-0.25, -0.2) is 13.1 Å². The van der Waals surface area contributed by atoms with E-state index in [0.717, 1.165) is 95.3 Å². The summed E-state index contributed by atoms with van der Waals surface area (Å²) in [5, 5.41) is -0.0223. The van der Waals surface area contributed by atoms with Gasteiger partial charge in [-0.15, -0.1) is 0 Å². The number of hydrogen-bond acceptors (Lipinski definition) is 10. The van der Waals surface area contributed by atoms with Crippen molar-refractivity contribution in [2.45, 2.75) is 74.2 Å². The molecule has 1 saturated carbocycles. The van der Waals surface area contributed by atoms with Crippen molar-refractivity contribution in [3.8, 4) is 5.75 Å². The fraction of sp³-hybridized carbons (Fsp3) is 0.659. The lowest BCUT2D eigenvalue weighted by Gasteiger charge is -2.53. The standard InChI is InChI=1S/C44H62ClN5O6S/c1-31-7-5-17-44(54-4,29-48-19-20-49-21-22-55-27-36(49)26-48)38-12-9-34(38)25-50-28-43(16-6-8-32-23-35(45)11-13-37(32)43)30-56-40-14-10-33(24-39(40)50)42(51)46-57(52,53)41(31)15-18-47(2)3/h5,10-11,13-14,17,23-24,31,34,36,38,41H,6-9,12,15-16,18-22,25-30H2,1-4H3,(H,46,51)/b17-5+/t31-,34-,36-,38+,41+,43-,44+/m0/s1. The van der Waals surface area contributed by atoms with E-state index in [-0.39, 0.29) is 17.3 Å². The van der Waals surface area contributed by atoms with Gasteiger partial charge in [0.15, 0.2) is 0 Å². The molecular formula is C44H62ClN5O6S. The Hall–Kier alpha value is -2.71. The van der Waals surface area contributed by atoms with Gasteiger partial charge in [0.05, 0.1) is 30.8 Å². The molecule has 1 amide bonds. The van der Waals surface area contributed by atoms with Gasteiger partial charge in [-0.05, 0) is 125 Å². The number of methoxy groups -OCH3 is 1. The Morgan fingerprint density at radius 1 is 1.09 bits per heavy atom. The van der Waals surface area contributed by atoms with E-state index in [2.05, 4.69) is 43.7 Å². The van der Waals surface area contributed by atoms with Crippen molar-refractivity contribution in [3.05, 3.63) is 70.3 Å². The summed E-state index contributed by atoms with van der Waals surface area (Å²) in [6.07, 6.45) is 10.5. The highest BCUT2D eigenvalue weighted by Gasteiger charge is 2.50. The minimum Gasteiger partial charge on any atom is -0.490 e. The number of amides is 1. The maximum Gasteiger partial charge on any atom is 0.264 e. The predicted octanol–water partition coefficient (Wildman–Crippen LogP) is 5.22. The molecule has 2 aliphatic carbocycles. The number of ether oxygens (including phenoxy) is 3. The number of fused-ring (bicyclic) bond motifs is 5. The number of piperazine rings is 1. The number of carbonyl (C=O) groups excluding carboxylic acids is 1. The second-order valence-electron chi connectivity index (χ2n) is 18.1. The van der Waals surface area contributed by atoms with Crippen molar-refractivity contribution in [3.63, 3.8) is 0 Å². The van der Waals surface area contributed by atoms with E-state index >= 15 is 0 Å². The SMILES string of the molecule is CO[C@@]1(CN2CCN3CCOC[C@@H]3C2)/C=C/C[C@H](C)[C@@H](CCN(C)C)S(=O)(=O)NC(=O)c2ccc3c(c2)N(C[C@@H]2CC[C@H]21)C[C@@]1(CCCc2cc(Cl)ccc21)CO3. The van der Waals surface area contributed by atoms with Crippen LogP contribution in [0.3, 0.4) is 0 Å². The third kappa shape index (κ3) is 8.39. The summed E-state index contributed by atoms with van der Waals surface area (Å²) in [5.41, 5.74) is 2.85. The van der Waals surface area contributed by atoms with Crippen LogP contribution in [-0.4, -0.2) is 139 Å². The van der Waals surface area contributed by atoms with E-state index < -0.39 is 26.8 Å². The summed E-state index contributed by atoms with van der Waals surface area (Å²) in [6.45, 7) is 10.8. The Morgan fingerprint density at radius 2 is 1.95 bits per heavy atom. The summed E-state index contributed by atoms with van der Waals surface area (Å²) in [6, 6.07) is 12.1. The highest BCUT2D eigenvalue weighted by molar-refractivity contribution is 7.90. The first-order valence-corrected chi connectivity index (χ1v) is 23.1. The number of allylic oxidation sites excluding steroid dienone is 1. The molecule has 11 nitrogen and oxygen atoms in total. The van der Waals surface area contributed by atoms with E-state index in [1.54, 1.807) is 6.07 Å². The van der Waals surface area contributed by atoms with E-state index in [0.29, 0.717) is 55.8 Å². The summed E-state index contributed by atoms with van der Waals surface area (Å²) >= 11 is 6.54. The number of anilines is 1. The topological polar surface area (TPSA) is 104 Å². The fourth-order valence-corrected chi connectivity index (χ4v) is 12.7. The van der Waals surface area contributed by atoms with Crippen LogP contribution in [0.25, 0.3) is 0 Å². The maximum absolute atomic E-state index is 14.2. The van der Waals surface area contributed by atoms with Crippen LogP contribution in [0, 0.1) is 17.8 Å². The fourth-order valence-electron chi connectivity index (χ4n) is 10.9. The van der Waals surface area contributed by atoms with Crippen LogP contribution < -0.4 is 14.4 Å². The molecule has 312 valence electrons. The number of nitrogens with one attached hydrogen (secondary N) is 1. The van der Waals surface area contributed by atoms with Crippen LogP contribution in [0.2, 0.25) is 5.02 Å². The molecule has 7 atom stereocenters. The molecule has 0 unspecified atom stereocenters. The van der Waals surface area contributed by atoms with Gasteiger partial charge < -0.3 is 24.0 Å². The Balaban J connectivity index is 1.20. The molecule has 0 radical (unpaired) electrons. The van der Waals surface area contributed by atoms with Crippen molar-refractivity contribution in [1.29, 1.82) is 0 Å². The van der Waals surface area contributed by atoms with Crippen LogP contribution in [0.1, 0.15) is 66.9 Å². The molecule has 1 spiro atoms. The third-order valence-corrected chi connectivity index (χ3v) is 16.4. The van der Waals surface area contributed by atoms with Crippen molar-refractivity contribution >= 4 is 33.2 Å². The van der Waals surface area contributed by atoms with Gasteiger partial charge in [-0.1, -0.05) is 36.7 Å². The number of sulfonamides is 1. The first-order chi connectivity index (χ1) is 27.4. The Bertz CT molecular complexity index is 1930. The number of morpholine rings is 1. The van der Waals surface area contributed by atoms with E-state index in [1.807, 2.05) is 51.2 Å². The molecule has 1 N–H and O–H groups in total. The average Bonchev–Trinajstić information content (AvgIpc) is 3.32. The number of hydrogen-bond donors (Lipinski definition) is 1. The maximum atomic E-state index is 14.2. The minimum absolute atomic E-state index is 0.239. The van der Waals surface area contributed by atoms with Gasteiger partial charge in [-0.3, -0.25) is 14.6 Å². The number of rotatable bonds is 6. The number of halogens is 1. The number of carbonyl (C=O) groups is 1. The lowest BCUT2D eigenvalue weighted by atomic mass is 9.63. The molecule has 4 aliphatic heterocycles. The van der Waals surface area contributed by atoms with Crippen LogP contribution in [0.5, 0.6) is 5.75 Å². The summed E-state index contributed by atoms with van der Waals surface area (Å²) in [7, 11) is 1.71. The van der Waals surface area contributed by atoms with Crippen molar-refractivity contribution in [2.75, 3.05) is 98.3 Å². The van der Waals surface area contributed by atoms with Crippen LogP contribution in [-0.2, 0) is 31.3 Å². The van der Waals surface area contributed by atoms with Crippen LogP contribution >= 0.6 is 11.6 Å². The molecule has 6 aliphatic rings. The molecule has 2 bridgehead atoms. The zero-order valence-electron chi connectivity index (χ0n) is 34.3. The van der Waals surface area contributed by atoms with Gasteiger partial charge in [0.25, 0.3) is 5.91 Å². The predicted molar refractivity (Wildman–Crippen MR) is 225 cm³/mol. The van der Waals surface area contributed by atoms with Gasteiger partial charge in [0.1, 0.15) is 11.4 Å². The van der Waals surface area contributed by atoms with Crippen molar-refractivity contribution in [1.82, 2.24) is 19.4 Å². The lowest BCUT2D eigenvalue weighted by molar-refractivity contribution is -0.108. The summed E-state index contributed by atoms with van der Waals surface area (Å²) < 4.78 is 50.4. The van der Waals surface area contributed by atoms with Crippen LogP contribution in [0.4, 0.5) is 5.69 Å². The highest BCUT2D eigenvalue weighted by Crippen LogP contribution is 2.49. The molecule has 3 fully saturated rings. The molecule has 2 aromatic carbocycles. The minimum atomic E-state index is -4.04. The molecule has 57 heavy (non-hydrogen) atoms. The summed E-state index contributed by atoms with van der Waals surface area (Å²) in [5.74, 6) is 0.425. The number of benzene rings is 2. The molecule has 13 heteroatoms. The quantitative estimate of drug-likeness (QED) is 0.391. The average molecular weight is 825 g/mol. The molecule has 2 aromatic rings. The van der Waals surface area contributed by atoms with Crippen LogP contribution in [0.15, 0.2) is 48.6 Å². The Labute approximate surface area is 345 Å². The zero-order valence-corrected chi connectivity index (χ0v) is 35.8. The highest BCUT2D eigenvalue weighted by atomic mass is 35.5. The summed E-state index contributed by atoms with van der Waals surface area (Å²) in [4.78, 5) is 23.6. The first-order valence-electron chi connectivity index (χ1n) is 21.2. The van der Waals surface area contributed by atoms with Crippen molar-refractivity contribution in [2.24, 2.45) is 17.8 Å². The molecule has 0 aromatic heterocycles. The number of aryl methyl sites for hydroxylation is 1. The Morgan fingerprint density at radius 3 is 2.74 bits per heavy atom. The normalized spacial score (nSPS) is 33.9. The second kappa shape index (κ2) is 16.7. The van der Waals surface area contributed by atoms with Gasteiger partial charge in [0, 0.05) is 75.0 Å². The molecule has 2 saturated heterocycles. The smallest absolute Gasteiger partial charge is 0.264 e. The van der Waals surface area contributed by atoms with Crippen molar-refractivity contribution < 1.29 is 27.4 Å². The van der Waals surface area contributed by atoms with Gasteiger partial charge >= 0.3 is 0 Å². The third-order valence-electron chi connectivity index (χ3n) is 14.2. The largest absolute Gasteiger partial charge is 0.490 e. The van der Waals surface area contributed by atoms with E-state index in [9.17, 15) is 13.2 Å². The Kier molecular flexibility index (Phi) is 12.1. The monoisotopic (exact) mass is 823 g/mol. The van der Waals surface area contributed by atoms with E-state index in [4.69, 9.17) is 25.8 Å². The first kappa shape index (κ1) is 41.0. The van der Waals surface area contributed by atoms with Gasteiger partial charge in [-0.2, -0.15) is 0 Å². The zero-order chi connectivity index (χ0) is 40.0.